The second kappa shape index (κ2) is 6.64. The fourth-order valence-electron chi connectivity index (χ4n) is 2.42. The molecule has 122 valence electrons. The first-order valence-electron chi connectivity index (χ1n) is 6.98. The van der Waals surface area contributed by atoms with E-state index in [1.165, 1.54) is 29.8 Å². The van der Waals surface area contributed by atoms with Crippen LogP contribution in [0.15, 0.2) is 24.3 Å². The van der Waals surface area contributed by atoms with Gasteiger partial charge in [0.2, 0.25) is 0 Å². The highest BCUT2D eigenvalue weighted by Crippen LogP contribution is 2.23. The Balaban J connectivity index is 2.15. The van der Waals surface area contributed by atoms with Crippen molar-refractivity contribution in [1.82, 2.24) is 8.61 Å². The molecule has 0 aromatic heterocycles. The third-order valence-electron chi connectivity index (χ3n) is 3.68. The third-order valence-corrected chi connectivity index (χ3v) is 5.62. The van der Waals surface area contributed by atoms with Gasteiger partial charge >= 0.3 is 5.97 Å². The van der Waals surface area contributed by atoms with E-state index in [1.807, 2.05) is 17.0 Å². The zero-order valence-corrected chi connectivity index (χ0v) is 13.8. The highest BCUT2D eigenvalue weighted by Gasteiger charge is 2.29. The Morgan fingerprint density at radius 3 is 2.27 bits per heavy atom. The van der Waals surface area contributed by atoms with Crippen molar-refractivity contribution in [3.05, 3.63) is 29.8 Å². The number of methoxy groups -OCH3 is 1. The summed E-state index contributed by atoms with van der Waals surface area (Å²) in [4.78, 5) is 13.8. The van der Waals surface area contributed by atoms with Gasteiger partial charge in [-0.1, -0.05) is 12.1 Å². The number of anilines is 1. The van der Waals surface area contributed by atoms with Crippen LogP contribution in [0.2, 0.25) is 0 Å². The number of hydrogen-bond acceptors (Lipinski definition) is 5. The molecule has 0 amide bonds. The van der Waals surface area contributed by atoms with Gasteiger partial charge in [-0.2, -0.15) is 17.0 Å². The highest BCUT2D eigenvalue weighted by atomic mass is 32.2. The van der Waals surface area contributed by atoms with Crippen molar-refractivity contribution >= 4 is 21.9 Å². The summed E-state index contributed by atoms with van der Waals surface area (Å²) in [7, 11) is 1.00. The van der Waals surface area contributed by atoms with E-state index in [1.54, 1.807) is 12.1 Å². The average Bonchev–Trinajstić information content (AvgIpc) is 2.54. The van der Waals surface area contributed by atoms with Crippen molar-refractivity contribution in [3.63, 3.8) is 0 Å². The number of rotatable bonds is 4. The zero-order valence-electron chi connectivity index (χ0n) is 13.0. The number of nitrogens with zero attached hydrogens (tertiary/aromatic N) is 3. The molecule has 0 spiro atoms. The lowest BCUT2D eigenvalue weighted by atomic mass is 10.1. The quantitative estimate of drug-likeness (QED) is 0.749. The SMILES string of the molecule is COC(=O)c1ccccc1N1CCN(S(=O)(=O)N(C)C)CC1. The van der Waals surface area contributed by atoms with Gasteiger partial charge in [-0.25, -0.2) is 4.79 Å². The molecule has 1 aliphatic heterocycles. The summed E-state index contributed by atoms with van der Waals surface area (Å²) in [5.74, 6) is -0.390. The number of piperazine rings is 1. The van der Waals surface area contributed by atoms with Crippen LogP contribution in [0, 0.1) is 0 Å². The number of carbonyl (C=O) groups is 1. The fourth-order valence-corrected chi connectivity index (χ4v) is 3.51. The lowest BCUT2D eigenvalue weighted by Crippen LogP contribution is -2.52. The lowest BCUT2D eigenvalue weighted by Gasteiger charge is -2.36. The van der Waals surface area contributed by atoms with Crippen molar-refractivity contribution in [2.45, 2.75) is 0 Å². The molecule has 0 unspecified atom stereocenters. The number of para-hydroxylation sites is 1. The molecule has 1 aliphatic rings. The Kier molecular flexibility index (Phi) is 5.05. The van der Waals surface area contributed by atoms with Gasteiger partial charge in [0.25, 0.3) is 10.2 Å². The predicted molar refractivity (Wildman–Crippen MR) is 84.2 cm³/mol. The van der Waals surface area contributed by atoms with Gasteiger partial charge in [0, 0.05) is 40.3 Å². The summed E-state index contributed by atoms with van der Waals surface area (Å²) in [5.41, 5.74) is 1.27. The van der Waals surface area contributed by atoms with Crippen LogP contribution in [-0.4, -0.2) is 70.4 Å². The monoisotopic (exact) mass is 327 g/mol. The van der Waals surface area contributed by atoms with E-state index in [0.717, 1.165) is 5.69 Å². The Hall–Kier alpha value is -1.64. The van der Waals surface area contributed by atoms with Crippen molar-refractivity contribution in [1.29, 1.82) is 0 Å². The van der Waals surface area contributed by atoms with Gasteiger partial charge < -0.3 is 9.64 Å². The topological polar surface area (TPSA) is 70.2 Å². The molecule has 1 aromatic rings. The van der Waals surface area contributed by atoms with E-state index in [2.05, 4.69) is 0 Å². The molecule has 0 atom stereocenters. The molecule has 2 rings (SSSR count). The summed E-state index contributed by atoms with van der Waals surface area (Å²) >= 11 is 0. The molecule has 1 saturated heterocycles. The number of esters is 1. The summed E-state index contributed by atoms with van der Waals surface area (Å²) in [6, 6.07) is 7.19. The van der Waals surface area contributed by atoms with Crippen molar-refractivity contribution in [2.75, 3.05) is 52.3 Å². The van der Waals surface area contributed by atoms with Crippen LogP contribution >= 0.6 is 0 Å². The Morgan fingerprint density at radius 1 is 1.14 bits per heavy atom. The molecule has 0 radical (unpaired) electrons. The largest absolute Gasteiger partial charge is 0.465 e. The molecule has 1 aromatic carbocycles. The van der Waals surface area contributed by atoms with Crippen LogP contribution in [0.25, 0.3) is 0 Å². The molecule has 0 bridgehead atoms. The molecule has 7 nitrogen and oxygen atoms in total. The second-order valence-electron chi connectivity index (χ2n) is 5.18. The second-order valence-corrected chi connectivity index (χ2v) is 7.33. The molecule has 0 N–H and O–H groups in total. The van der Waals surface area contributed by atoms with Crippen molar-refractivity contribution < 1.29 is 17.9 Å². The lowest BCUT2D eigenvalue weighted by molar-refractivity contribution is 0.0601. The molecular weight excluding hydrogens is 306 g/mol. The average molecular weight is 327 g/mol. The predicted octanol–water partition coefficient (Wildman–Crippen LogP) is 0.402. The molecule has 0 aliphatic carbocycles. The molecule has 8 heteroatoms. The Morgan fingerprint density at radius 2 is 1.73 bits per heavy atom. The number of carbonyl (C=O) groups excluding carboxylic acids is 1. The fraction of sp³-hybridized carbons (Fsp3) is 0.500. The number of hydrogen-bond donors (Lipinski definition) is 0. The Labute approximate surface area is 131 Å². The molecular formula is C14H21N3O4S. The van der Waals surface area contributed by atoms with Crippen LogP contribution in [-0.2, 0) is 14.9 Å². The van der Waals surface area contributed by atoms with E-state index >= 15 is 0 Å². The molecule has 22 heavy (non-hydrogen) atoms. The van der Waals surface area contributed by atoms with E-state index in [9.17, 15) is 13.2 Å². The third kappa shape index (κ3) is 3.23. The molecule has 1 heterocycles. The molecule has 0 saturated carbocycles. The smallest absolute Gasteiger partial charge is 0.339 e. The number of ether oxygens (including phenoxy) is 1. The zero-order chi connectivity index (χ0) is 16.3. The van der Waals surface area contributed by atoms with Crippen molar-refractivity contribution in [3.8, 4) is 0 Å². The minimum atomic E-state index is -3.39. The maximum atomic E-state index is 12.1. The van der Waals surface area contributed by atoms with E-state index in [4.69, 9.17) is 4.74 Å². The Bertz CT molecular complexity index is 637. The normalized spacial score (nSPS) is 16.8. The van der Waals surface area contributed by atoms with Crippen molar-refractivity contribution in [2.24, 2.45) is 0 Å². The minimum Gasteiger partial charge on any atom is -0.465 e. The van der Waals surface area contributed by atoms with Crippen LogP contribution in [0.3, 0.4) is 0 Å². The van der Waals surface area contributed by atoms with E-state index in [-0.39, 0.29) is 5.97 Å². The highest BCUT2D eigenvalue weighted by molar-refractivity contribution is 7.86. The summed E-state index contributed by atoms with van der Waals surface area (Å²) in [6.45, 7) is 1.83. The minimum absolute atomic E-state index is 0.385. The van der Waals surface area contributed by atoms with Gasteiger partial charge in [-0.15, -0.1) is 0 Å². The first-order valence-corrected chi connectivity index (χ1v) is 8.37. The van der Waals surface area contributed by atoms with Gasteiger partial charge in [-0.3, -0.25) is 0 Å². The van der Waals surface area contributed by atoms with E-state index in [0.29, 0.717) is 31.7 Å². The first-order chi connectivity index (χ1) is 10.4. The van der Waals surface area contributed by atoms with Gasteiger partial charge in [0.15, 0.2) is 0 Å². The van der Waals surface area contributed by atoms with Gasteiger partial charge in [0.1, 0.15) is 0 Å². The summed E-state index contributed by atoms with van der Waals surface area (Å²) < 4.78 is 31.7. The standard InChI is InChI=1S/C14H21N3O4S/c1-15(2)22(19,20)17-10-8-16(9-11-17)13-7-5-4-6-12(13)14(18)21-3/h4-7H,8-11H2,1-3H3. The number of benzene rings is 1. The maximum Gasteiger partial charge on any atom is 0.339 e. The van der Waals surface area contributed by atoms with Crippen LogP contribution < -0.4 is 4.90 Å². The van der Waals surface area contributed by atoms with Gasteiger partial charge in [0.05, 0.1) is 18.4 Å². The molecule has 1 fully saturated rings. The maximum absolute atomic E-state index is 12.1. The van der Waals surface area contributed by atoms with Crippen LogP contribution in [0.1, 0.15) is 10.4 Å². The van der Waals surface area contributed by atoms with E-state index < -0.39 is 10.2 Å². The van der Waals surface area contributed by atoms with Crippen LogP contribution in [0.4, 0.5) is 5.69 Å². The summed E-state index contributed by atoms with van der Waals surface area (Å²) in [5, 5.41) is 0. The summed E-state index contributed by atoms with van der Waals surface area (Å²) in [6.07, 6.45) is 0. The van der Waals surface area contributed by atoms with Gasteiger partial charge in [-0.05, 0) is 12.1 Å². The van der Waals surface area contributed by atoms with Crippen LogP contribution in [0.5, 0.6) is 0 Å². The first kappa shape index (κ1) is 16.7.